The zero-order valence-electron chi connectivity index (χ0n) is 9.96. The summed E-state index contributed by atoms with van der Waals surface area (Å²) in [5, 5.41) is 9.71. The van der Waals surface area contributed by atoms with Crippen molar-refractivity contribution in [1.29, 1.82) is 0 Å². The Bertz CT molecular complexity index is 515. The lowest BCUT2D eigenvalue weighted by atomic mass is 10.0. The molecule has 1 aromatic carbocycles. The van der Waals surface area contributed by atoms with Crippen LogP contribution in [-0.2, 0) is 0 Å². The number of rotatable bonds is 1. The summed E-state index contributed by atoms with van der Waals surface area (Å²) < 4.78 is 0. The summed E-state index contributed by atoms with van der Waals surface area (Å²) in [4.78, 5) is 17.8. The van der Waals surface area contributed by atoms with E-state index < -0.39 is 0 Å². The second-order valence-electron chi connectivity index (χ2n) is 3.26. The van der Waals surface area contributed by atoms with Crippen LogP contribution in [0.2, 0.25) is 0 Å². The highest BCUT2D eigenvalue weighted by atomic mass is 16.3. The van der Waals surface area contributed by atoms with E-state index >= 15 is 0 Å². The first-order valence-corrected chi connectivity index (χ1v) is 5.27. The normalized spacial score (nSPS) is 9.75. The molecule has 0 fully saturated rings. The molecule has 0 radical (unpaired) electrons. The van der Waals surface area contributed by atoms with Crippen LogP contribution >= 0.6 is 0 Å². The molecule has 0 atom stereocenters. The summed E-state index contributed by atoms with van der Waals surface area (Å²) in [5.74, 6) is 0.0251. The zero-order chi connectivity index (χ0) is 12.3. The molecule has 0 saturated heterocycles. The van der Waals surface area contributed by atoms with Crippen LogP contribution in [0.5, 0.6) is 5.75 Å². The highest BCUT2D eigenvalue weighted by molar-refractivity contribution is 5.94. The minimum atomic E-state index is 0.0251. The maximum absolute atomic E-state index is 10.8. The Morgan fingerprint density at radius 1 is 1.31 bits per heavy atom. The van der Waals surface area contributed by atoms with Crippen LogP contribution in [0.1, 0.15) is 35.3 Å². The zero-order valence-corrected chi connectivity index (χ0v) is 9.96. The van der Waals surface area contributed by atoms with E-state index in [1.165, 1.54) is 0 Å². The number of carbonyl (C=O) groups excluding carboxylic acids is 1. The lowest BCUT2D eigenvalue weighted by molar-refractivity contribution is 0.112. The molecule has 0 aliphatic carbocycles. The van der Waals surface area contributed by atoms with Crippen molar-refractivity contribution in [2.24, 2.45) is 0 Å². The van der Waals surface area contributed by atoms with Crippen LogP contribution in [0.4, 0.5) is 0 Å². The number of H-pyrrole nitrogens is 1. The fourth-order valence-corrected chi connectivity index (χ4v) is 1.64. The first-order chi connectivity index (χ1) is 7.66. The maximum Gasteiger partial charge on any atom is 0.154 e. The third-order valence-corrected chi connectivity index (χ3v) is 2.50. The van der Waals surface area contributed by atoms with Crippen molar-refractivity contribution in [2.75, 3.05) is 0 Å². The molecule has 16 heavy (non-hydrogen) atoms. The number of aldehydes is 1. The van der Waals surface area contributed by atoms with E-state index in [0.717, 1.165) is 11.1 Å². The molecular weight excluding hydrogens is 204 g/mol. The number of hydrogen-bond acceptors (Lipinski definition) is 3. The van der Waals surface area contributed by atoms with Crippen molar-refractivity contribution in [3.63, 3.8) is 0 Å². The van der Waals surface area contributed by atoms with Gasteiger partial charge in [0.25, 0.3) is 0 Å². The number of benzene rings is 1. The van der Waals surface area contributed by atoms with Crippen molar-refractivity contribution in [3.05, 3.63) is 23.0 Å². The molecule has 0 aliphatic heterocycles. The Labute approximate surface area is 94.3 Å². The molecule has 4 heteroatoms. The van der Waals surface area contributed by atoms with Crippen molar-refractivity contribution < 1.29 is 9.90 Å². The fraction of sp³-hybridized carbons (Fsp3) is 0.333. The van der Waals surface area contributed by atoms with Crippen LogP contribution in [-0.4, -0.2) is 21.4 Å². The molecule has 0 spiro atoms. The summed E-state index contributed by atoms with van der Waals surface area (Å²) in [7, 11) is 0. The smallest absolute Gasteiger partial charge is 0.154 e. The number of fused-ring (bicyclic) bond motifs is 1. The van der Waals surface area contributed by atoms with Crippen molar-refractivity contribution in [2.45, 2.75) is 27.7 Å². The highest BCUT2D eigenvalue weighted by Gasteiger charge is 2.14. The van der Waals surface area contributed by atoms with Crippen LogP contribution in [0.15, 0.2) is 6.33 Å². The highest BCUT2D eigenvalue weighted by Crippen LogP contribution is 2.31. The summed E-state index contributed by atoms with van der Waals surface area (Å²) >= 11 is 0. The van der Waals surface area contributed by atoms with Gasteiger partial charge in [-0.05, 0) is 19.4 Å². The van der Waals surface area contributed by atoms with E-state index in [2.05, 4.69) is 9.97 Å². The van der Waals surface area contributed by atoms with Gasteiger partial charge in [0.05, 0.1) is 22.9 Å². The average molecular weight is 220 g/mol. The monoisotopic (exact) mass is 220 g/mol. The first kappa shape index (κ1) is 12.2. The number of hydrogen-bond donors (Lipinski definition) is 2. The SMILES string of the molecule is CC.Cc1c(O)c(C=O)c(C)c2[nH]cnc12. The van der Waals surface area contributed by atoms with Gasteiger partial charge in [0.2, 0.25) is 0 Å². The second-order valence-corrected chi connectivity index (χ2v) is 3.26. The van der Waals surface area contributed by atoms with E-state index in [4.69, 9.17) is 0 Å². The molecule has 4 nitrogen and oxygen atoms in total. The van der Waals surface area contributed by atoms with E-state index in [1.807, 2.05) is 13.8 Å². The third-order valence-electron chi connectivity index (χ3n) is 2.50. The van der Waals surface area contributed by atoms with Gasteiger partial charge in [-0.2, -0.15) is 0 Å². The van der Waals surface area contributed by atoms with Crippen LogP contribution in [0, 0.1) is 13.8 Å². The topological polar surface area (TPSA) is 66.0 Å². The molecule has 0 aliphatic rings. The molecule has 1 heterocycles. The molecule has 0 unspecified atom stereocenters. The minimum absolute atomic E-state index is 0.0251. The van der Waals surface area contributed by atoms with E-state index in [1.54, 1.807) is 20.2 Å². The Hall–Kier alpha value is -1.84. The van der Waals surface area contributed by atoms with Gasteiger partial charge in [0.1, 0.15) is 5.75 Å². The molecular formula is C12H16N2O2. The minimum Gasteiger partial charge on any atom is -0.507 e. The van der Waals surface area contributed by atoms with Crippen molar-refractivity contribution in [1.82, 2.24) is 9.97 Å². The van der Waals surface area contributed by atoms with Gasteiger partial charge in [-0.3, -0.25) is 4.79 Å². The number of imidazole rings is 1. The second kappa shape index (κ2) is 4.79. The molecule has 0 bridgehead atoms. The largest absolute Gasteiger partial charge is 0.507 e. The molecule has 2 rings (SSSR count). The third kappa shape index (κ3) is 1.66. The Morgan fingerprint density at radius 3 is 2.50 bits per heavy atom. The number of phenols is 1. The van der Waals surface area contributed by atoms with Gasteiger partial charge in [0.15, 0.2) is 6.29 Å². The number of aromatic amines is 1. The number of nitrogens with zero attached hydrogens (tertiary/aromatic N) is 1. The van der Waals surface area contributed by atoms with Gasteiger partial charge >= 0.3 is 0 Å². The number of aromatic hydroxyl groups is 1. The summed E-state index contributed by atoms with van der Waals surface area (Å²) in [6, 6.07) is 0. The number of carbonyl (C=O) groups is 1. The van der Waals surface area contributed by atoms with Gasteiger partial charge in [-0.25, -0.2) is 4.98 Å². The maximum atomic E-state index is 10.8. The predicted octanol–water partition coefficient (Wildman–Crippen LogP) is 2.72. The Balaban J connectivity index is 0.000000606. The standard InChI is InChI=1S/C10H10N2O2.C2H6/c1-5-7(3-13)10(14)6(2)9-8(5)11-4-12-9;1-2/h3-4,14H,1-2H3,(H,11,12);1-2H3. The number of phenolic OH excluding ortho intramolecular Hbond substituents is 1. The molecule has 2 aromatic rings. The Morgan fingerprint density at radius 2 is 1.94 bits per heavy atom. The quantitative estimate of drug-likeness (QED) is 0.726. The van der Waals surface area contributed by atoms with Crippen molar-refractivity contribution in [3.8, 4) is 5.75 Å². The summed E-state index contributed by atoms with van der Waals surface area (Å²) in [5.41, 5.74) is 3.22. The lowest BCUT2D eigenvalue weighted by Crippen LogP contribution is -1.92. The number of aromatic nitrogens is 2. The summed E-state index contributed by atoms with van der Waals surface area (Å²) in [6.45, 7) is 7.52. The van der Waals surface area contributed by atoms with Gasteiger partial charge < -0.3 is 10.1 Å². The molecule has 2 N–H and O–H groups in total. The van der Waals surface area contributed by atoms with E-state index in [9.17, 15) is 9.90 Å². The summed E-state index contributed by atoms with van der Waals surface area (Å²) in [6.07, 6.45) is 2.22. The van der Waals surface area contributed by atoms with Crippen LogP contribution in [0.3, 0.4) is 0 Å². The molecule has 86 valence electrons. The molecule has 1 aromatic heterocycles. The molecule has 0 amide bonds. The fourth-order valence-electron chi connectivity index (χ4n) is 1.64. The number of nitrogens with one attached hydrogen (secondary N) is 1. The van der Waals surface area contributed by atoms with Gasteiger partial charge in [0, 0.05) is 5.56 Å². The molecule has 0 saturated carbocycles. The Kier molecular flexibility index (Phi) is 3.66. The van der Waals surface area contributed by atoms with E-state index in [-0.39, 0.29) is 5.75 Å². The first-order valence-electron chi connectivity index (χ1n) is 5.27. The van der Waals surface area contributed by atoms with Gasteiger partial charge in [-0.15, -0.1) is 0 Å². The van der Waals surface area contributed by atoms with Crippen LogP contribution in [0.25, 0.3) is 11.0 Å². The van der Waals surface area contributed by atoms with Gasteiger partial charge in [-0.1, -0.05) is 13.8 Å². The van der Waals surface area contributed by atoms with E-state index in [0.29, 0.717) is 22.9 Å². The van der Waals surface area contributed by atoms with Crippen LogP contribution < -0.4 is 0 Å². The number of aryl methyl sites for hydroxylation is 2. The van der Waals surface area contributed by atoms with Crippen molar-refractivity contribution >= 4 is 17.3 Å². The lowest BCUT2D eigenvalue weighted by Gasteiger charge is -2.06. The predicted molar refractivity (Wildman–Crippen MR) is 64.0 cm³/mol. The average Bonchev–Trinajstić information content (AvgIpc) is 2.79.